The van der Waals surface area contributed by atoms with Gasteiger partial charge in [-0.25, -0.2) is 4.79 Å². The van der Waals surface area contributed by atoms with Crippen LogP contribution in [0.3, 0.4) is 0 Å². The standard InChI is InChI=1S/C8H8N2O2/c1-2-5-3-10-4-6(9)7(5)8(11)12/h2-4H,1,9H2,(H,11,12). The normalized spacial score (nSPS) is 9.33. The number of carboxylic acid groups (broad SMARTS) is 1. The Labute approximate surface area is 69.4 Å². The number of carbonyl (C=O) groups is 1. The Morgan fingerprint density at radius 1 is 1.67 bits per heavy atom. The third-order valence-electron chi connectivity index (χ3n) is 1.44. The fourth-order valence-corrected chi connectivity index (χ4v) is 0.895. The molecule has 1 aromatic rings. The van der Waals surface area contributed by atoms with Crippen LogP contribution in [-0.4, -0.2) is 16.1 Å². The Hall–Kier alpha value is -1.84. The van der Waals surface area contributed by atoms with Crippen LogP contribution in [0.2, 0.25) is 0 Å². The van der Waals surface area contributed by atoms with Crippen molar-refractivity contribution in [1.29, 1.82) is 0 Å². The lowest BCUT2D eigenvalue weighted by atomic mass is 10.1. The van der Waals surface area contributed by atoms with Crippen LogP contribution in [0.25, 0.3) is 6.08 Å². The number of pyridine rings is 1. The minimum absolute atomic E-state index is 0.0556. The molecule has 0 saturated heterocycles. The second-order valence-electron chi connectivity index (χ2n) is 2.20. The zero-order chi connectivity index (χ0) is 9.14. The van der Waals surface area contributed by atoms with Gasteiger partial charge in [-0.05, 0) is 0 Å². The van der Waals surface area contributed by atoms with E-state index in [0.717, 1.165) is 0 Å². The van der Waals surface area contributed by atoms with Gasteiger partial charge in [-0.1, -0.05) is 12.7 Å². The highest BCUT2D eigenvalue weighted by molar-refractivity contribution is 5.97. The number of nitrogens with zero attached hydrogens (tertiary/aromatic N) is 1. The van der Waals surface area contributed by atoms with Crippen LogP contribution in [0.1, 0.15) is 15.9 Å². The summed E-state index contributed by atoms with van der Waals surface area (Å²) in [5.41, 5.74) is 6.05. The largest absolute Gasteiger partial charge is 0.478 e. The molecule has 0 atom stereocenters. The molecule has 0 aromatic carbocycles. The average molecular weight is 164 g/mol. The van der Waals surface area contributed by atoms with Crippen molar-refractivity contribution >= 4 is 17.7 Å². The predicted molar refractivity (Wildman–Crippen MR) is 45.7 cm³/mol. The van der Waals surface area contributed by atoms with Crippen molar-refractivity contribution in [2.24, 2.45) is 0 Å². The number of nitrogens with two attached hydrogens (primary N) is 1. The summed E-state index contributed by atoms with van der Waals surface area (Å²) in [4.78, 5) is 14.4. The molecule has 0 aliphatic carbocycles. The first-order valence-electron chi connectivity index (χ1n) is 3.26. The van der Waals surface area contributed by atoms with Crippen LogP contribution < -0.4 is 5.73 Å². The molecule has 3 N–H and O–H groups in total. The molecule has 1 aromatic heterocycles. The van der Waals surface area contributed by atoms with E-state index in [2.05, 4.69) is 11.6 Å². The minimum Gasteiger partial charge on any atom is -0.478 e. The summed E-state index contributed by atoms with van der Waals surface area (Å²) >= 11 is 0. The topological polar surface area (TPSA) is 76.2 Å². The molecule has 1 heterocycles. The number of carboxylic acids is 1. The van der Waals surface area contributed by atoms with Gasteiger partial charge in [0.2, 0.25) is 0 Å². The van der Waals surface area contributed by atoms with E-state index in [1.165, 1.54) is 18.5 Å². The molecule has 0 radical (unpaired) electrons. The van der Waals surface area contributed by atoms with Gasteiger partial charge in [-0.3, -0.25) is 4.98 Å². The van der Waals surface area contributed by atoms with Crippen molar-refractivity contribution in [3.05, 3.63) is 30.1 Å². The lowest BCUT2D eigenvalue weighted by Crippen LogP contribution is -2.05. The van der Waals surface area contributed by atoms with Gasteiger partial charge in [0.05, 0.1) is 17.4 Å². The third kappa shape index (κ3) is 1.27. The van der Waals surface area contributed by atoms with Crippen LogP contribution in [0.5, 0.6) is 0 Å². The molecule has 4 heteroatoms. The zero-order valence-electron chi connectivity index (χ0n) is 6.32. The van der Waals surface area contributed by atoms with E-state index >= 15 is 0 Å². The maximum Gasteiger partial charge on any atom is 0.338 e. The molecule has 0 bridgehead atoms. The maximum absolute atomic E-state index is 10.6. The summed E-state index contributed by atoms with van der Waals surface area (Å²) in [7, 11) is 0. The fourth-order valence-electron chi connectivity index (χ4n) is 0.895. The maximum atomic E-state index is 10.6. The smallest absolute Gasteiger partial charge is 0.338 e. The summed E-state index contributed by atoms with van der Waals surface area (Å²) in [6.07, 6.45) is 4.12. The van der Waals surface area contributed by atoms with Gasteiger partial charge in [0.25, 0.3) is 0 Å². The predicted octanol–water partition coefficient (Wildman–Crippen LogP) is 1.01. The van der Waals surface area contributed by atoms with Crippen molar-refractivity contribution in [2.75, 3.05) is 5.73 Å². The van der Waals surface area contributed by atoms with Crippen LogP contribution in [0.15, 0.2) is 19.0 Å². The molecule has 62 valence electrons. The second-order valence-corrected chi connectivity index (χ2v) is 2.20. The van der Waals surface area contributed by atoms with E-state index in [0.29, 0.717) is 5.56 Å². The number of hydrogen-bond acceptors (Lipinski definition) is 3. The summed E-state index contributed by atoms with van der Waals surface area (Å²) in [5.74, 6) is -1.06. The fraction of sp³-hybridized carbons (Fsp3) is 0. The molecule has 0 saturated carbocycles. The van der Waals surface area contributed by atoms with E-state index in [1.807, 2.05) is 0 Å². The van der Waals surface area contributed by atoms with Gasteiger partial charge < -0.3 is 10.8 Å². The van der Waals surface area contributed by atoms with E-state index < -0.39 is 5.97 Å². The lowest BCUT2D eigenvalue weighted by Gasteiger charge is -2.02. The number of aromatic nitrogens is 1. The highest BCUT2D eigenvalue weighted by atomic mass is 16.4. The Kier molecular flexibility index (Phi) is 2.09. The molecule has 12 heavy (non-hydrogen) atoms. The zero-order valence-corrected chi connectivity index (χ0v) is 6.32. The number of anilines is 1. The molecule has 0 spiro atoms. The minimum atomic E-state index is -1.06. The highest BCUT2D eigenvalue weighted by Gasteiger charge is 2.11. The molecule has 0 amide bonds. The first-order chi connectivity index (χ1) is 5.66. The van der Waals surface area contributed by atoms with Gasteiger partial charge in [-0.2, -0.15) is 0 Å². The van der Waals surface area contributed by atoms with Crippen LogP contribution in [0, 0.1) is 0 Å². The number of aromatic carboxylic acids is 1. The molecule has 1 rings (SSSR count). The molecule has 0 unspecified atom stereocenters. The summed E-state index contributed by atoms with van der Waals surface area (Å²) in [6, 6.07) is 0. The van der Waals surface area contributed by atoms with E-state index in [1.54, 1.807) is 0 Å². The Morgan fingerprint density at radius 3 is 2.75 bits per heavy atom. The lowest BCUT2D eigenvalue weighted by molar-refractivity contribution is 0.0697. The molecule has 0 aliphatic rings. The molecule has 4 nitrogen and oxygen atoms in total. The molecule has 0 aliphatic heterocycles. The monoisotopic (exact) mass is 164 g/mol. The molecular formula is C8H8N2O2. The van der Waals surface area contributed by atoms with Crippen molar-refractivity contribution < 1.29 is 9.90 Å². The average Bonchev–Trinajstić information content (AvgIpc) is 2.03. The van der Waals surface area contributed by atoms with Crippen molar-refractivity contribution in [1.82, 2.24) is 4.98 Å². The van der Waals surface area contributed by atoms with Crippen molar-refractivity contribution in [3.63, 3.8) is 0 Å². The van der Waals surface area contributed by atoms with Gasteiger partial charge in [0.1, 0.15) is 0 Å². The van der Waals surface area contributed by atoms with Crippen molar-refractivity contribution in [3.8, 4) is 0 Å². The quantitative estimate of drug-likeness (QED) is 0.683. The first-order valence-corrected chi connectivity index (χ1v) is 3.26. The summed E-state index contributed by atoms with van der Waals surface area (Å²) < 4.78 is 0. The van der Waals surface area contributed by atoms with Crippen LogP contribution in [-0.2, 0) is 0 Å². The SMILES string of the molecule is C=Cc1cncc(N)c1C(=O)O. The van der Waals surface area contributed by atoms with E-state index in [-0.39, 0.29) is 11.3 Å². The summed E-state index contributed by atoms with van der Waals surface area (Å²) in [6.45, 7) is 3.46. The van der Waals surface area contributed by atoms with Gasteiger partial charge in [-0.15, -0.1) is 0 Å². The number of rotatable bonds is 2. The Balaban J connectivity index is 3.39. The van der Waals surface area contributed by atoms with Gasteiger partial charge in [0, 0.05) is 11.8 Å². The Morgan fingerprint density at radius 2 is 2.33 bits per heavy atom. The van der Waals surface area contributed by atoms with Crippen LogP contribution >= 0.6 is 0 Å². The van der Waals surface area contributed by atoms with Crippen molar-refractivity contribution in [2.45, 2.75) is 0 Å². The molecular weight excluding hydrogens is 156 g/mol. The van der Waals surface area contributed by atoms with Gasteiger partial charge in [0.15, 0.2) is 0 Å². The highest BCUT2D eigenvalue weighted by Crippen LogP contribution is 2.15. The number of hydrogen-bond donors (Lipinski definition) is 2. The van der Waals surface area contributed by atoms with E-state index in [9.17, 15) is 4.79 Å². The summed E-state index contributed by atoms with van der Waals surface area (Å²) in [5, 5.41) is 8.72. The van der Waals surface area contributed by atoms with Gasteiger partial charge >= 0.3 is 5.97 Å². The second kappa shape index (κ2) is 3.04. The molecule has 0 fully saturated rings. The first kappa shape index (κ1) is 8.26. The Bertz CT molecular complexity index is 334. The third-order valence-corrected chi connectivity index (χ3v) is 1.44. The van der Waals surface area contributed by atoms with E-state index in [4.69, 9.17) is 10.8 Å². The van der Waals surface area contributed by atoms with Crippen LogP contribution in [0.4, 0.5) is 5.69 Å². The number of nitrogen functional groups attached to an aromatic ring is 1.